The Morgan fingerprint density at radius 1 is 0.396 bits per heavy atom. The van der Waals surface area contributed by atoms with Gasteiger partial charge in [-0.15, -0.1) is 0 Å². The highest BCUT2D eigenvalue weighted by Gasteiger charge is 2.19. The Kier molecular flexibility index (Phi) is 6.22. The zero-order valence-electron chi connectivity index (χ0n) is 25.8. The summed E-state index contributed by atoms with van der Waals surface area (Å²) in [7, 11) is 0. The van der Waals surface area contributed by atoms with Crippen molar-refractivity contribution in [3.05, 3.63) is 181 Å². The molecule has 48 heavy (non-hydrogen) atoms. The summed E-state index contributed by atoms with van der Waals surface area (Å²) in [6.07, 6.45) is 0. The van der Waals surface area contributed by atoms with E-state index in [1.807, 2.05) is 42.5 Å². The number of hydrogen-bond donors (Lipinski definition) is 0. The zero-order chi connectivity index (χ0) is 32.2. The molecule has 0 unspecified atom stereocenters. The van der Waals surface area contributed by atoms with Crippen molar-refractivity contribution in [1.82, 2.24) is 9.13 Å². The first-order valence-electron chi connectivity index (χ1n) is 15.8. The monoisotopic (exact) mass is 610 g/mol. The van der Waals surface area contributed by atoms with Gasteiger partial charge >= 0.3 is 0 Å². The molecule has 0 spiro atoms. The highest BCUT2D eigenvalue weighted by atomic mass is 15.0. The normalized spacial score (nSPS) is 11.3. The van der Waals surface area contributed by atoms with Gasteiger partial charge in [-0.3, -0.25) is 0 Å². The molecule has 0 saturated carbocycles. The molecule has 0 aliphatic rings. The Labute approximate surface area is 277 Å². The smallest absolute Gasteiger partial charge is 0.195 e. The van der Waals surface area contributed by atoms with Crippen LogP contribution in [0.2, 0.25) is 0 Å². The summed E-state index contributed by atoms with van der Waals surface area (Å²) in [5, 5.41) is 4.74. The first-order valence-corrected chi connectivity index (χ1v) is 15.8. The molecule has 2 aromatic heterocycles. The van der Waals surface area contributed by atoms with E-state index >= 15 is 0 Å². The molecule has 222 valence electrons. The molecule has 9 aromatic rings. The molecule has 0 fully saturated rings. The summed E-state index contributed by atoms with van der Waals surface area (Å²) >= 11 is 0. The van der Waals surface area contributed by atoms with E-state index in [0.29, 0.717) is 11.4 Å². The minimum Gasteiger partial charge on any atom is -0.310 e. The number of rotatable bonds is 4. The van der Waals surface area contributed by atoms with E-state index in [4.69, 9.17) is 13.1 Å². The fraction of sp³-hybridized carbons (Fsp3) is 0. The lowest BCUT2D eigenvalue weighted by molar-refractivity contribution is 1.18. The second-order valence-electron chi connectivity index (χ2n) is 11.9. The van der Waals surface area contributed by atoms with Crippen LogP contribution in [0, 0.1) is 13.1 Å². The lowest BCUT2D eigenvalue weighted by atomic mass is 9.95. The molecule has 0 amide bonds. The minimum atomic E-state index is 0.551. The van der Waals surface area contributed by atoms with Gasteiger partial charge < -0.3 is 9.13 Å². The van der Waals surface area contributed by atoms with Crippen molar-refractivity contribution in [2.24, 2.45) is 0 Å². The third kappa shape index (κ3) is 4.14. The Morgan fingerprint density at radius 3 is 1.50 bits per heavy atom. The van der Waals surface area contributed by atoms with Gasteiger partial charge in [0.15, 0.2) is 11.4 Å². The lowest BCUT2D eigenvalue weighted by Gasteiger charge is -2.17. The summed E-state index contributed by atoms with van der Waals surface area (Å²) in [6.45, 7) is 16.0. The highest BCUT2D eigenvalue weighted by molar-refractivity contribution is 6.11. The lowest BCUT2D eigenvalue weighted by Crippen LogP contribution is -1.97. The molecular weight excluding hydrogens is 585 g/mol. The first kappa shape index (κ1) is 27.4. The number of fused-ring (bicyclic) bond motifs is 6. The maximum absolute atomic E-state index is 8.14. The molecule has 4 heteroatoms. The molecular formula is C44H26N4. The average Bonchev–Trinajstić information content (AvgIpc) is 3.67. The molecule has 0 aliphatic heterocycles. The summed E-state index contributed by atoms with van der Waals surface area (Å²) in [6, 6.07) is 54.3. The molecule has 0 saturated heterocycles. The van der Waals surface area contributed by atoms with Crippen molar-refractivity contribution in [3.63, 3.8) is 0 Å². The van der Waals surface area contributed by atoms with Gasteiger partial charge in [0.25, 0.3) is 0 Å². The van der Waals surface area contributed by atoms with E-state index < -0.39 is 0 Å². The van der Waals surface area contributed by atoms with Crippen LogP contribution < -0.4 is 0 Å². The van der Waals surface area contributed by atoms with Crippen LogP contribution in [-0.4, -0.2) is 9.13 Å². The van der Waals surface area contributed by atoms with Crippen LogP contribution in [0.25, 0.3) is 86.9 Å². The quantitative estimate of drug-likeness (QED) is 0.177. The molecule has 0 atom stereocenters. The molecule has 7 aromatic carbocycles. The molecule has 9 rings (SSSR count). The van der Waals surface area contributed by atoms with E-state index in [0.717, 1.165) is 66.5 Å². The van der Waals surface area contributed by atoms with Crippen LogP contribution in [0.1, 0.15) is 0 Å². The zero-order valence-corrected chi connectivity index (χ0v) is 25.8. The van der Waals surface area contributed by atoms with E-state index in [-0.39, 0.29) is 0 Å². The van der Waals surface area contributed by atoms with E-state index in [2.05, 4.69) is 134 Å². The van der Waals surface area contributed by atoms with E-state index in [9.17, 15) is 0 Å². The Bertz CT molecular complexity index is 2710. The van der Waals surface area contributed by atoms with Gasteiger partial charge in [0.1, 0.15) is 0 Å². The summed E-state index contributed by atoms with van der Waals surface area (Å²) in [4.78, 5) is 7.77. The Morgan fingerprint density at radius 2 is 0.938 bits per heavy atom. The molecule has 0 radical (unpaired) electrons. The van der Waals surface area contributed by atoms with Crippen molar-refractivity contribution in [2.75, 3.05) is 0 Å². The van der Waals surface area contributed by atoms with Crippen molar-refractivity contribution < 1.29 is 0 Å². The van der Waals surface area contributed by atoms with Gasteiger partial charge in [0.2, 0.25) is 0 Å². The van der Waals surface area contributed by atoms with Gasteiger partial charge in [-0.2, -0.15) is 0 Å². The number of para-hydroxylation sites is 4. The maximum atomic E-state index is 8.14. The number of benzene rings is 7. The summed E-state index contributed by atoms with van der Waals surface area (Å²) in [5.41, 5.74) is 11.3. The largest absolute Gasteiger partial charge is 0.310 e. The Hall–Kier alpha value is -6.88. The third-order valence-corrected chi connectivity index (χ3v) is 9.36. The predicted octanol–water partition coefficient (Wildman–Crippen LogP) is 12.3. The van der Waals surface area contributed by atoms with Crippen LogP contribution >= 0.6 is 0 Å². The summed E-state index contributed by atoms with van der Waals surface area (Å²) in [5.74, 6) is 0. The predicted molar refractivity (Wildman–Crippen MR) is 199 cm³/mol. The topological polar surface area (TPSA) is 18.6 Å². The number of aromatic nitrogens is 2. The minimum absolute atomic E-state index is 0.551. The number of hydrogen-bond acceptors (Lipinski definition) is 0. The number of nitrogens with zero attached hydrogens (tertiary/aromatic N) is 4. The SMILES string of the molecule is [C-]#[N+]c1ccc(-c2cc(-c3cccc(-n4c5ccccc5c5ccccc54)c3)ccc2[N+]#[C-])c(-n2c3ccccc3c3ccccc32)c1. The third-order valence-electron chi connectivity index (χ3n) is 9.36. The van der Waals surface area contributed by atoms with Gasteiger partial charge in [0, 0.05) is 32.9 Å². The Balaban J connectivity index is 1.26. The van der Waals surface area contributed by atoms with Crippen LogP contribution in [0.4, 0.5) is 11.4 Å². The molecule has 0 bridgehead atoms. The maximum Gasteiger partial charge on any atom is 0.195 e. The van der Waals surface area contributed by atoms with Crippen molar-refractivity contribution in [2.45, 2.75) is 0 Å². The molecule has 0 aliphatic carbocycles. The fourth-order valence-corrected chi connectivity index (χ4v) is 7.24. The van der Waals surface area contributed by atoms with Gasteiger partial charge in [0.05, 0.1) is 35.2 Å². The van der Waals surface area contributed by atoms with Crippen LogP contribution in [-0.2, 0) is 0 Å². The first-order chi connectivity index (χ1) is 23.7. The highest BCUT2D eigenvalue weighted by Crippen LogP contribution is 2.42. The van der Waals surface area contributed by atoms with E-state index in [1.54, 1.807) is 0 Å². The van der Waals surface area contributed by atoms with Crippen molar-refractivity contribution in [1.29, 1.82) is 0 Å². The molecule has 4 nitrogen and oxygen atoms in total. The van der Waals surface area contributed by atoms with Crippen LogP contribution in [0.15, 0.2) is 158 Å². The average molecular weight is 611 g/mol. The second-order valence-corrected chi connectivity index (χ2v) is 11.9. The van der Waals surface area contributed by atoms with Gasteiger partial charge in [-0.25, -0.2) is 9.69 Å². The van der Waals surface area contributed by atoms with Crippen LogP contribution in [0.3, 0.4) is 0 Å². The van der Waals surface area contributed by atoms with Crippen molar-refractivity contribution >= 4 is 55.0 Å². The van der Waals surface area contributed by atoms with Gasteiger partial charge in [-0.05, 0) is 64.7 Å². The van der Waals surface area contributed by atoms with Crippen molar-refractivity contribution in [3.8, 4) is 33.6 Å². The van der Waals surface area contributed by atoms with Gasteiger partial charge in [-0.1, -0.05) is 115 Å². The second kappa shape index (κ2) is 10.9. The fourth-order valence-electron chi connectivity index (χ4n) is 7.24. The standard InChI is InChI=1S/C44H26N4/c1-45-31-23-24-37(44(28-31)48-42-20-9-5-16-35(42)36-17-6-10-21-43(36)48)38-27-30(22-25-39(38)46-2)29-12-11-13-32(26-29)47-40-18-7-3-14-33(40)34-15-4-8-19-41(34)47/h3-28H. The van der Waals surface area contributed by atoms with Crippen LogP contribution in [0.5, 0.6) is 0 Å². The summed E-state index contributed by atoms with van der Waals surface area (Å²) < 4.78 is 4.56. The molecule has 0 N–H and O–H groups in total. The van der Waals surface area contributed by atoms with E-state index in [1.165, 1.54) is 10.8 Å². The molecule has 2 heterocycles.